The number of aliphatic carboxylic acids is 1. The largest absolute Gasteiger partial charge is 0.481 e. The Hall–Kier alpha value is -1.25. The van der Waals surface area contributed by atoms with Gasteiger partial charge >= 0.3 is 5.97 Å². The Kier molecular flexibility index (Phi) is 7.41. The summed E-state index contributed by atoms with van der Waals surface area (Å²) < 4.78 is 0.220. The molecular weight excluding hydrogens is 353 g/mol. The maximum absolute atomic E-state index is 11.3. The van der Waals surface area contributed by atoms with Crippen LogP contribution in [0.1, 0.15) is 26.7 Å². The molecule has 6 nitrogen and oxygen atoms in total. The van der Waals surface area contributed by atoms with Crippen molar-refractivity contribution in [3.63, 3.8) is 0 Å². The topological polar surface area (TPSA) is 101 Å². The number of carbonyl (C=O) groups excluding carboxylic acids is 3. The second-order valence-corrected chi connectivity index (χ2v) is 4.06. The molecule has 18 heavy (non-hydrogen) atoms. The molecule has 2 amide bonds. The Bertz CT molecular complexity index is 414. The molecule has 0 unspecified atom stereocenters. The summed E-state index contributed by atoms with van der Waals surface area (Å²) in [5.74, 6) is -2.00. The van der Waals surface area contributed by atoms with E-state index in [0.29, 0.717) is 12.0 Å². The lowest BCUT2D eigenvalue weighted by Gasteiger charge is -1.95. The van der Waals surface area contributed by atoms with Crippen LogP contribution >= 0.6 is 22.6 Å². The van der Waals surface area contributed by atoms with Gasteiger partial charge in [-0.05, 0) is 6.42 Å². The zero-order chi connectivity index (χ0) is 14.3. The van der Waals surface area contributed by atoms with Gasteiger partial charge < -0.3 is 5.11 Å². The number of hydrogen-bond acceptors (Lipinski definition) is 4. The van der Waals surface area contributed by atoms with Crippen LogP contribution in [0.5, 0.6) is 0 Å². The van der Waals surface area contributed by atoms with Crippen molar-refractivity contribution in [1.82, 2.24) is 5.32 Å². The van der Waals surface area contributed by atoms with Gasteiger partial charge in [-0.15, -0.1) is 0 Å². The number of alkyl halides is 1. The summed E-state index contributed by atoms with van der Waals surface area (Å²) in [6.07, 6.45) is 0.634. The van der Waals surface area contributed by atoms with Crippen LogP contribution in [0, 0.1) is 0 Å². The monoisotopic (exact) mass is 367 g/mol. The molecule has 0 aromatic rings. The molecule has 0 aromatic carbocycles. The molecular formula is C11H14INO5. The fraction of sp³-hybridized carbons (Fsp3) is 0.455. The number of ketones is 1. The molecule has 100 valence electrons. The summed E-state index contributed by atoms with van der Waals surface area (Å²) in [5.41, 5.74) is 0.355. The lowest BCUT2D eigenvalue weighted by Crippen LogP contribution is -2.24. The molecule has 1 rings (SSSR count). The van der Waals surface area contributed by atoms with Gasteiger partial charge in [-0.3, -0.25) is 24.5 Å². The molecule has 0 aromatic heterocycles. The van der Waals surface area contributed by atoms with Crippen LogP contribution in [0.3, 0.4) is 0 Å². The normalized spacial score (nSPS) is 13.9. The number of Topliss-reactive ketones (excluding diaryl/α,β-unsaturated/α-hetero) is 1. The number of halogens is 1. The van der Waals surface area contributed by atoms with Crippen LogP contribution in [-0.2, 0) is 19.2 Å². The molecule has 2 N–H and O–H groups in total. The second kappa shape index (κ2) is 7.96. The van der Waals surface area contributed by atoms with E-state index in [4.69, 9.17) is 5.11 Å². The van der Waals surface area contributed by atoms with Crippen molar-refractivity contribution in [3.8, 4) is 0 Å². The third kappa shape index (κ3) is 4.55. The molecule has 1 aliphatic heterocycles. The number of carboxylic acid groups (broad SMARTS) is 1. The minimum absolute atomic E-state index is 0.0434. The molecule has 0 fully saturated rings. The lowest BCUT2D eigenvalue weighted by atomic mass is 10.1. The molecule has 0 saturated heterocycles. The van der Waals surface area contributed by atoms with E-state index < -0.39 is 17.8 Å². The van der Waals surface area contributed by atoms with Crippen molar-refractivity contribution in [2.75, 3.05) is 4.43 Å². The second-order valence-electron chi connectivity index (χ2n) is 3.29. The summed E-state index contributed by atoms with van der Waals surface area (Å²) >= 11 is 1.87. The summed E-state index contributed by atoms with van der Waals surface area (Å²) in [7, 11) is 0. The van der Waals surface area contributed by atoms with E-state index >= 15 is 0 Å². The predicted molar refractivity (Wildman–Crippen MR) is 72.3 cm³/mol. The molecule has 0 spiro atoms. The van der Waals surface area contributed by atoms with Crippen LogP contribution in [0.2, 0.25) is 0 Å². The Morgan fingerprint density at radius 1 is 1.22 bits per heavy atom. The molecule has 7 heteroatoms. The van der Waals surface area contributed by atoms with E-state index in [9.17, 15) is 19.2 Å². The molecule has 1 aliphatic rings. The van der Waals surface area contributed by atoms with E-state index in [0.717, 1.165) is 0 Å². The smallest absolute Gasteiger partial charge is 0.303 e. The number of amides is 2. The van der Waals surface area contributed by atoms with Gasteiger partial charge in [-0.25, -0.2) is 0 Å². The average molecular weight is 367 g/mol. The molecule has 0 saturated carbocycles. The quantitative estimate of drug-likeness (QED) is 0.332. The number of carboxylic acids is 1. The third-order valence-electron chi connectivity index (χ3n) is 2.09. The molecule has 0 radical (unpaired) electrons. The Balaban J connectivity index is 0.000000494. The van der Waals surface area contributed by atoms with Crippen LogP contribution in [0.15, 0.2) is 11.1 Å². The predicted octanol–water partition coefficient (Wildman–Crippen LogP) is 0.835. The number of carbonyl (C=O) groups is 4. The zero-order valence-electron chi connectivity index (χ0n) is 10.1. The average Bonchev–Trinajstić information content (AvgIpc) is 2.63. The van der Waals surface area contributed by atoms with Crippen molar-refractivity contribution >= 4 is 46.2 Å². The number of nitrogens with one attached hydrogen (secondary N) is 1. The maximum atomic E-state index is 11.3. The number of hydrogen-bond donors (Lipinski definition) is 2. The van der Waals surface area contributed by atoms with Gasteiger partial charge in [0, 0.05) is 12.0 Å². The molecule has 0 aliphatic carbocycles. The zero-order valence-corrected chi connectivity index (χ0v) is 12.2. The van der Waals surface area contributed by atoms with Crippen molar-refractivity contribution in [3.05, 3.63) is 11.1 Å². The Labute approximate surface area is 118 Å². The summed E-state index contributed by atoms with van der Waals surface area (Å²) in [6, 6.07) is 0. The SMILES string of the molecule is CCC(=O)O.CCC1=C(C(=O)CI)C(=O)NC1=O. The molecule has 0 bridgehead atoms. The van der Waals surface area contributed by atoms with Gasteiger partial charge in [-0.1, -0.05) is 36.4 Å². The minimum Gasteiger partial charge on any atom is -0.481 e. The van der Waals surface area contributed by atoms with E-state index in [-0.39, 0.29) is 22.2 Å². The first kappa shape index (κ1) is 16.8. The van der Waals surface area contributed by atoms with Crippen molar-refractivity contribution in [2.45, 2.75) is 26.7 Å². The van der Waals surface area contributed by atoms with Crippen LogP contribution < -0.4 is 5.32 Å². The van der Waals surface area contributed by atoms with Gasteiger partial charge in [0.2, 0.25) is 0 Å². The van der Waals surface area contributed by atoms with Crippen LogP contribution in [0.4, 0.5) is 0 Å². The van der Waals surface area contributed by atoms with Gasteiger partial charge in [0.05, 0.1) is 10.0 Å². The van der Waals surface area contributed by atoms with Gasteiger partial charge in [0.15, 0.2) is 5.78 Å². The van der Waals surface area contributed by atoms with Gasteiger partial charge in [-0.2, -0.15) is 0 Å². The van der Waals surface area contributed by atoms with Crippen molar-refractivity contribution in [2.24, 2.45) is 0 Å². The highest BCUT2D eigenvalue weighted by molar-refractivity contribution is 14.1. The highest BCUT2D eigenvalue weighted by Gasteiger charge is 2.32. The van der Waals surface area contributed by atoms with Crippen LogP contribution in [-0.4, -0.2) is 33.1 Å². The number of imide groups is 1. The van der Waals surface area contributed by atoms with Crippen molar-refractivity contribution in [1.29, 1.82) is 0 Å². The molecule has 1 heterocycles. The highest BCUT2D eigenvalue weighted by Crippen LogP contribution is 2.17. The van der Waals surface area contributed by atoms with Crippen molar-refractivity contribution < 1.29 is 24.3 Å². The first-order chi connectivity index (χ1) is 8.38. The Morgan fingerprint density at radius 2 is 1.72 bits per heavy atom. The Morgan fingerprint density at radius 3 is 2.06 bits per heavy atom. The minimum atomic E-state index is -0.745. The fourth-order valence-corrected chi connectivity index (χ4v) is 1.57. The van der Waals surface area contributed by atoms with E-state index in [1.807, 2.05) is 22.6 Å². The molecule has 0 atom stereocenters. The number of rotatable bonds is 4. The highest BCUT2D eigenvalue weighted by atomic mass is 127. The van der Waals surface area contributed by atoms with E-state index in [2.05, 4.69) is 5.32 Å². The standard InChI is InChI=1S/C8H8INO3.C3H6O2/c1-2-4-6(5(11)3-9)8(13)10-7(4)12;1-2-3(4)5/h2-3H2,1H3,(H,10,12,13);2H2,1H3,(H,4,5). The summed E-state index contributed by atoms with van der Waals surface area (Å²) in [5, 5.41) is 9.83. The summed E-state index contributed by atoms with van der Waals surface area (Å²) in [4.78, 5) is 42.9. The van der Waals surface area contributed by atoms with E-state index in [1.165, 1.54) is 0 Å². The van der Waals surface area contributed by atoms with Gasteiger partial charge in [0.1, 0.15) is 0 Å². The first-order valence-corrected chi connectivity index (χ1v) is 6.81. The van der Waals surface area contributed by atoms with Crippen LogP contribution in [0.25, 0.3) is 0 Å². The van der Waals surface area contributed by atoms with Gasteiger partial charge in [0.25, 0.3) is 11.8 Å². The maximum Gasteiger partial charge on any atom is 0.303 e. The fourth-order valence-electron chi connectivity index (χ4n) is 1.19. The lowest BCUT2D eigenvalue weighted by molar-refractivity contribution is -0.136. The third-order valence-corrected chi connectivity index (χ3v) is 2.78. The first-order valence-electron chi connectivity index (χ1n) is 5.28. The van der Waals surface area contributed by atoms with E-state index in [1.54, 1.807) is 13.8 Å². The summed E-state index contributed by atoms with van der Waals surface area (Å²) in [6.45, 7) is 3.34.